The molecule has 3 aromatic rings. The lowest BCUT2D eigenvalue weighted by Crippen LogP contribution is -2.23. The van der Waals surface area contributed by atoms with Crippen molar-refractivity contribution in [2.75, 3.05) is 18.5 Å². The number of rotatable bonds is 6. The number of furan rings is 1. The first kappa shape index (κ1) is 23.5. The lowest BCUT2D eigenvalue weighted by molar-refractivity contribution is 0.0948. The molecular formula is C23H25IN4O4. The average molecular weight is 548 g/mol. The largest absolute Gasteiger partial charge is 0.490 e. The van der Waals surface area contributed by atoms with Gasteiger partial charge in [0.05, 0.1) is 32.6 Å². The maximum absolute atomic E-state index is 12.4. The van der Waals surface area contributed by atoms with Crippen LogP contribution in [0.4, 0.5) is 5.69 Å². The Morgan fingerprint density at radius 1 is 1.03 bits per heavy atom. The van der Waals surface area contributed by atoms with Gasteiger partial charge in [-0.2, -0.15) is 0 Å². The van der Waals surface area contributed by atoms with Crippen molar-refractivity contribution >= 4 is 41.5 Å². The number of halogens is 1. The number of carbonyl (C=O) groups excluding carboxylic acids is 1. The summed E-state index contributed by atoms with van der Waals surface area (Å²) in [5, 5.41) is 5.89. The van der Waals surface area contributed by atoms with Gasteiger partial charge in [-0.1, -0.05) is 12.1 Å². The second-order valence-electron chi connectivity index (χ2n) is 7.00. The normalized spacial score (nSPS) is 12.9. The zero-order valence-electron chi connectivity index (χ0n) is 17.4. The maximum Gasteiger partial charge on any atom is 0.251 e. The summed E-state index contributed by atoms with van der Waals surface area (Å²) in [5.41, 5.74) is 8.22. The van der Waals surface area contributed by atoms with Crippen LogP contribution in [0.25, 0.3) is 0 Å². The molecule has 8 nitrogen and oxygen atoms in total. The number of nitrogens with zero attached hydrogens (tertiary/aromatic N) is 1. The Hall–Kier alpha value is -3.21. The van der Waals surface area contributed by atoms with Crippen LogP contribution in [0.1, 0.15) is 28.1 Å². The summed E-state index contributed by atoms with van der Waals surface area (Å²) in [4.78, 5) is 16.7. The van der Waals surface area contributed by atoms with Crippen LogP contribution in [0.3, 0.4) is 0 Å². The number of hydrogen-bond donors (Lipinski definition) is 3. The molecule has 32 heavy (non-hydrogen) atoms. The third-order valence-electron chi connectivity index (χ3n) is 4.64. The smallest absolute Gasteiger partial charge is 0.251 e. The summed E-state index contributed by atoms with van der Waals surface area (Å²) in [6.07, 6.45) is 2.42. The Balaban J connectivity index is 0.00000289. The van der Waals surface area contributed by atoms with Gasteiger partial charge >= 0.3 is 0 Å². The first-order chi connectivity index (χ1) is 15.2. The summed E-state index contributed by atoms with van der Waals surface area (Å²) in [6, 6.07) is 16.4. The van der Waals surface area contributed by atoms with Gasteiger partial charge in [0.25, 0.3) is 5.91 Å². The van der Waals surface area contributed by atoms with Crippen molar-refractivity contribution in [3.05, 3.63) is 77.7 Å². The molecule has 2 aromatic carbocycles. The van der Waals surface area contributed by atoms with Crippen LogP contribution in [0.5, 0.6) is 11.5 Å². The highest BCUT2D eigenvalue weighted by Gasteiger charge is 2.11. The molecule has 1 amide bonds. The van der Waals surface area contributed by atoms with Gasteiger partial charge in [0, 0.05) is 23.7 Å². The molecule has 0 aliphatic carbocycles. The number of nitrogens with one attached hydrogen (secondary N) is 2. The molecule has 4 rings (SSSR count). The minimum atomic E-state index is -0.180. The summed E-state index contributed by atoms with van der Waals surface area (Å²) in [7, 11) is 0. The highest BCUT2D eigenvalue weighted by molar-refractivity contribution is 14.0. The highest BCUT2D eigenvalue weighted by atomic mass is 127. The maximum atomic E-state index is 12.4. The zero-order valence-corrected chi connectivity index (χ0v) is 19.7. The third-order valence-corrected chi connectivity index (χ3v) is 4.64. The van der Waals surface area contributed by atoms with Crippen LogP contribution < -0.4 is 25.8 Å². The summed E-state index contributed by atoms with van der Waals surface area (Å²) < 4.78 is 16.5. The SMILES string of the molecule is I.NC(=NCc1cccc(C(=O)NCc2ccco2)c1)Nc1ccc2c(c1)OCCCO2. The number of guanidine groups is 1. The molecule has 0 atom stereocenters. The van der Waals surface area contributed by atoms with E-state index in [-0.39, 0.29) is 35.8 Å². The molecule has 1 aliphatic heterocycles. The fourth-order valence-electron chi connectivity index (χ4n) is 3.10. The number of anilines is 1. The second-order valence-corrected chi connectivity index (χ2v) is 7.00. The predicted octanol–water partition coefficient (Wildman–Crippen LogP) is 3.92. The molecule has 0 spiro atoms. The number of aliphatic imine (C=N–C) groups is 1. The Morgan fingerprint density at radius 2 is 1.88 bits per heavy atom. The first-order valence-electron chi connectivity index (χ1n) is 10.0. The highest BCUT2D eigenvalue weighted by Crippen LogP contribution is 2.32. The van der Waals surface area contributed by atoms with Gasteiger partial charge in [0.15, 0.2) is 17.5 Å². The quantitative estimate of drug-likeness (QED) is 0.245. The lowest BCUT2D eigenvalue weighted by Gasteiger charge is -2.11. The number of benzene rings is 2. The van der Waals surface area contributed by atoms with Crippen molar-refractivity contribution < 1.29 is 18.7 Å². The molecule has 0 unspecified atom stereocenters. The second kappa shape index (κ2) is 11.4. The van der Waals surface area contributed by atoms with E-state index in [1.807, 2.05) is 36.4 Å². The van der Waals surface area contributed by atoms with E-state index in [1.165, 1.54) is 0 Å². The Bertz CT molecular complexity index is 1070. The topological polar surface area (TPSA) is 111 Å². The van der Waals surface area contributed by atoms with Crippen LogP contribution in [0, 0.1) is 0 Å². The summed E-state index contributed by atoms with van der Waals surface area (Å²) in [6.45, 7) is 1.93. The molecule has 0 bridgehead atoms. The lowest BCUT2D eigenvalue weighted by atomic mass is 10.1. The van der Waals surface area contributed by atoms with E-state index in [0.717, 1.165) is 23.4 Å². The third kappa shape index (κ3) is 6.39. The van der Waals surface area contributed by atoms with E-state index in [1.54, 1.807) is 24.5 Å². The van der Waals surface area contributed by atoms with Crippen LogP contribution in [0.2, 0.25) is 0 Å². The van der Waals surface area contributed by atoms with Crippen molar-refractivity contribution in [3.8, 4) is 11.5 Å². The minimum Gasteiger partial charge on any atom is -0.490 e. The zero-order chi connectivity index (χ0) is 21.5. The van der Waals surface area contributed by atoms with Gasteiger partial charge < -0.3 is 30.3 Å². The monoisotopic (exact) mass is 548 g/mol. The summed E-state index contributed by atoms with van der Waals surface area (Å²) >= 11 is 0. The van der Waals surface area contributed by atoms with Crippen LogP contribution >= 0.6 is 24.0 Å². The predicted molar refractivity (Wildman–Crippen MR) is 133 cm³/mol. The summed E-state index contributed by atoms with van der Waals surface area (Å²) in [5.74, 6) is 2.19. The van der Waals surface area contributed by atoms with Gasteiger partial charge in [-0.15, -0.1) is 24.0 Å². The Morgan fingerprint density at radius 3 is 2.69 bits per heavy atom. The van der Waals surface area contributed by atoms with Gasteiger partial charge in [-0.05, 0) is 42.0 Å². The average Bonchev–Trinajstić information content (AvgIpc) is 3.20. The molecular weight excluding hydrogens is 523 g/mol. The molecule has 1 aliphatic rings. The van der Waals surface area contributed by atoms with Crippen molar-refractivity contribution in [1.29, 1.82) is 0 Å². The number of hydrogen-bond acceptors (Lipinski definition) is 5. The molecule has 0 saturated heterocycles. The molecule has 9 heteroatoms. The first-order valence-corrected chi connectivity index (χ1v) is 10.0. The van der Waals surface area contributed by atoms with Crippen molar-refractivity contribution in [1.82, 2.24) is 5.32 Å². The Labute approximate surface area is 203 Å². The van der Waals surface area contributed by atoms with Crippen molar-refractivity contribution in [2.45, 2.75) is 19.5 Å². The van der Waals surface area contributed by atoms with Gasteiger partial charge in [0.2, 0.25) is 0 Å². The van der Waals surface area contributed by atoms with Gasteiger partial charge in [-0.3, -0.25) is 4.79 Å². The van der Waals surface area contributed by atoms with E-state index in [0.29, 0.717) is 43.4 Å². The van der Waals surface area contributed by atoms with E-state index in [9.17, 15) is 4.79 Å². The number of nitrogens with two attached hydrogens (primary N) is 1. The molecule has 0 saturated carbocycles. The molecule has 0 radical (unpaired) electrons. The standard InChI is InChI=1S/C23H24N4O4.HI/c24-23(27-18-7-8-20-21(13-18)31-11-3-10-30-20)26-14-16-4-1-5-17(12-16)22(28)25-15-19-6-2-9-29-19;/h1-2,4-9,12-13H,3,10-11,14-15H2,(H,25,28)(H3,24,26,27);1H. The molecule has 168 valence electrons. The van der Waals surface area contributed by atoms with Gasteiger partial charge in [-0.25, -0.2) is 4.99 Å². The van der Waals surface area contributed by atoms with E-state index in [4.69, 9.17) is 19.6 Å². The minimum absolute atomic E-state index is 0. The molecule has 2 heterocycles. The van der Waals surface area contributed by atoms with Crippen LogP contribution in [-0.4, -0.2) is 25.1 Å². The fraction of sp³-hybridized carbons (Fsp3) is 0.217. The molecule has 0 fully saturated rings. The number of fused-ring (bicyclic) bond motifs is 1. The number of amides is 1. The van der Waals surface area contributed by atoms with Crippen LogP contribution in [-0.2, 0) is 13.1 Å². The van der Waals surface area contributed by atoms with E-state index >= 15 is 0 Å². The Kier molecular flexibility index (Phi) is 8.37. The van der Waals surface area contributed by atoms with Gasteiger partial charge in [0.1, 0.15) is 5.76 Å². The number of ether oxygens (including phenoxy) is 2. The fourth-order valence-corrected chi connectivity index (χ4v) is 3.10. The van der Waals surface area contributed by atoms with E-state index in [2.05, 4.69) is 15.6 Å². The molecule has 4 N–H and O–H groups in total. The van der Waals surface area contributed by atoms with Crippen LogP contribution in [0.15, 0.2) is 70.3 Å². The van der Waals surface area contributed by atoms with Crippen molar-refractivity contribution in [3.63, 3.8) is 0 Å². The van der Waals surface area contributed by atoms with Crippen molar-refractivity contribution in [2.24, 2.45) is 10.7 Å². The number of carbonyl (C=O) groups is 1. The van der Waals surface area contributed by atoms with E-state index < -0.39 is 0 Å². The molecule has 1 aromatic heterocycles.